The van der Waals surface area contributed by atoms with E-state index in [1.807, 2.05) is 30.3 Å². The average molecular weight is 316 g/mol. The van der Waals surface area contributed by atoms with Crippen LogP contribution in [0.3, 0.4) is 0 Å². The van der Waals surface area contributed by atoms with Crippen molar-refractivity contribution in [2.75, 3.05) is 33.0 Å². The Morgan fingerprint density at radius 1 is 1.22 bits per heavy atom. The van der Waals surface area contributed by atoms with Gasteiger partial charge in [-0.2, -0.15) is 5.26 Å². The van der Waals surface area contributed by atoms with E-state index in [1.54, 1.807) is 37.9 Å². The molecule has 0 radical (unpaired) electrons. The van der Waals surface area contributed by atoms with Crippen LogP contribution in [0.15, 0.2) is 24.3 Å². The van der Waals surface area contributed by atoms with Crippen LogP contribution in [-0.2, 0) is 16.0 Å². The van der Waals surface area contributed by atoms with E-state index in [4.69, 9.17) is 5.26 Å². The first kappa shape index (κ1) is 18.5. The molecule has 0 bridgehead atoms. The standard InChI is InChI=1S/C17H24N4O2/c1-13(17(23)21(4)11-5-10-18)19-15-8-6-14(7-9-15)12-16(22)20(2)3/h6-9,13,19H,5,11-12H2,1-4H3/t13-/m1/s1. The number of rotatable bonds is 7. The normalized spacial score (nSPS) is 11.3. The molecule has 2 amide bonds. The van der Waals surface area contributed by atoms with Gasteiger partial charge >= 0.3 is 0 Å². The Morgan fingerprint density at radius 3 is 2.35 bits per heavy atom. The molecule has 0 heterocycles. The molecule has 1 aromatic rings. The number of anilines is 1. The van der Waals surface area contributed by atoms with Crippen LogP contribution in [0.1, 0.15) is 18.9 Å². The first-order valence-corrected chi connectivity index (χ1v) is 7.52. The molecule has 0 spiro atoms. The Morgan fingerprint density at radius 2 is 1.83 bits per heavy atom. The third-order valence-corrected chi connectivity index (χ3v) is 3.50. The first-order chi connectivity index (χ1) is 10.8. The number of carbonyl (C=O) groups excluding carboxylic acids is 2. The minimum atomic E-state index is -0.382. The molecule has 1 rings (SSSR count). The monoisotopic (exact) mass is 316 g/mol. The highest BCUT2D eigenvalue weighted by molar-refractivity contribution is 5.84. The number of nitrogens with zero attached hydrogens (tertiary/aromatic N) is 3. The van der Waals surface area contributed by atoms with E-state index in [2.05, 4.69) is 5.32 Å². The van der Waals surface area contributed by atoms with Crippen LogP contribution < -0.4 is 5.32 Å². The summed E-state index contributed by atoms with van der Waals surface area (Å²) in [5.74, 6) is -0.0134. The molecule has 0 aliphatic carbocycles. The van der Waals surface area contributed by atoms with Crippen molar-refractivity contribution in [2.45, 2.75) is 25.8 Å². The molecule has 0 aromatic heterocycles. The van der Waals surface area contributed by atoms with Gasteiger partial charge in [0.1, 0.15) is 6.04 Å². The van der Waals surface area contributed by atoms with Crippen LogP contribution in [0.4, 0.5) is 5.69 Å². The van der Waals surface area contributed by atoms with Gasteiger partial charge in [-0.05, 0) is 24.6 Å². The summed E-state index contributed by atoms with van der Waals surface area (Å²) in [6.07, 6.45) is 0.683. The van der Waals surface area contributed by atoms with Crippen molar-refractivity contribution in [1.82, 2.24) is 9.80 Å². The minimum absolute atomic E-state index is 0.0494. The maximum absolute atomic E-state index is 12.1. The third-order valence-electron chi connectivity index (χ3n) is 3.50. The largest absolute Gasteiger partial charge is 0.374 e. The van der Waals surface area contributed by atoms with Crippen molar-refractivity contribution in [2.24, 2.45) is 0 Å². The Hall–Kier alpha value is -2.55. The number of hydrogen-bond acceptors (Lipinski definition) is 4. The summed E-state index contributed by atoms with van der Waals surface area (Å²) in [6, 6.07) is 9.11. The number of amides is 2. The Balaban J connectivity index is 2.59. The molecule has 0 saturated carbocycles. The van der Waals surface area contributed by atoms with Gasteiger partial charge in [0.2, 0.25) is 11.8 Å². The van der Waals surface area contributed by atoms with E-state index < -0.39 is 0 Å². The molecule has 124 valence electrons. The van der Waals surface area contributed by atoms with Gasteiger partial charge in [0.15, 0.2) is 0 Å². The molecule has 0 unspecified atom stereocenters. The van der Waals surface area contributed by atoms with E-state index in [-0.39, 0.29) is 17.9 Å². The molecular formula is C17H24N4O2. The first-order valence-electron chi connectivity index (χ1n) is 7.52. The number of carbonyl (C=O) groups is 2. The van der Waals surface area contributed by atoms with Crippen molar-refractivity contribution >= 4 is 17.5 Å². The maximum atomic E-state index is 12.1. The lowest BCUT2D eigenvalue weighted by molar-refractivity contribution is -0.130. The van der Waals surface area contributed by atoms with Gasteiger partial charge in [-0.25, -0.2) is 0 Å². The predicted octanol–water partition coefficient (Wildman–Crippen LogP) is 1.49. The van der Waals surface area contributed by atoms with Gasteiger partial charge < -0.3 is 15.1 Å². The Bertz CT molecular complexity index is 575. The highest BCUT2D eigenvalue weighted by Crippen LogP contribution is 2.12. The van der Waals surface area contributed by atoms with E-state index in [0.717, 1.165) is 11.3 Å². The zero-order valence-electron chi connectivity index (χ0n) is 14.2. The van der Waals surface area contributed by atoms with E-state index in [0.29, 0.717) is 19.4 Å². The fraction of sp³-hybridized carbons (Fsp3) is 0.471. The van der Waals surface area contributed by atoms with Crippen molar-refractivity contribution < 1.29 is 9.59 Å². The van der Waals surface area contributed by atoms with Gasteiger partial charge in [-0.1, -0.05) is 12.1 Å². The number of likely N-dealkylation sites (N-methyl/N-ethyl adjacent to an activating group) is 2. The summed E-state index contributed by atoms with van der Waals surface area (Å²) in [6.45, 7) is 2.21. The van der Waals surface area contributed by atoms with Crippen molar-refractivity contribution in [3.63, 3.8) is 0 Å². The quantitative estimate of drug-likeness (QED) is 0.827. The second kappa shape index (κ2) is 8.79. The summed E-state index contributed by atoms with van der Waals surface area (Å²) in [5.41, 5.74) is 1.75. The second-order valence-corrected chi connectivity index (χ2v) is 5.70. The lowest BCUT2D eigenvalue weighted by Crippen LogP contribution is -2.39. The molecule has 1 N–H and O–H groups in total. The van der Waals surface area contributed by atoms with Gasteiger partial charge in [-0.3, -0.25) is 9.59 Å². The molecule has 6 heteroatoms. The number of nitriles is 1. The zero-order chi connectivity index (χ0) is 17.4. The average Bonchev–Trinajstić information content (AvgIpc) is 2.53. The van der Waals surface area contributed by atoms with E-state index in [9.17, 15) is 9.59 Å². The molecule has 1 aromatic carbocycles. The van der Waals surface area contributed by atoms with Gasteiger partial charge in [0.25, 0.3) is 0 Å². The van der Waals surface area contributed by atoms with E-state index in [1.165, 1.54) is 0 Å². The van der Waals surface area contributed by atoms with Crippen LogP contribution in [0.5, 0.6) is 0 Å². The lowest BCUT2D eigenvalue weighted by atomic mass is 10.1. The molecule has 0 aliphatic heterocycles. The van der Waals surface area contributed by atoms with Crippen molar-refractivity contribution in [3.8, 4) is 6.07 Å². The summed E-state index contributed by atoms with van der Waals surface area (Å²) < 4.78 is 0. The number of hydrogen-bond donors (Lipinski definition) is 1. The topological polar surface area (TPSA) is 76.4 Å². The molecule has 1 atom stereocenters. The minimum Gasteiger partial charge on any atom is -0.374 e. The van der Waals surface area contributed by atoms with Crippen molar-refractivity contribution in [3.05, 3.63) is 29.8 Å². The molecule has 0 fully saturated rings. The molecule has 23 heavy (non-hydrogen) atoms. The summed E-state index contributed by atoms with van der Waals surface area (Å²) in [4.78, 5) is 26.9. The SMILES string of the molecule is C[C@@H](Nc1ccc(CC(=O)N(C)C)cc1)C(=O)N(C)CCC#N. The molecule has 6 nitrogen and oxygen atoms in total. The summed E-state index contributed by atoms with van der Waals surface area (Å²) in [7, 11) is 5.15. The van der Waals surface area contributed by atoms with Crippen LogP contribution in [0, 0.1) is 11.3 Å². The lowest BCUT2D eigenvalue weighted by Gasteiger charge is -2.22. The zero-order valence-corrected chi connectivity index (χ0v) is 14.2. The van der Waals surface area contributed by atoms with Crippen LogP contribution in [0.2, 0.25) is 0 Å². The number of nitrogens with one attached hydrogen (secondary N) is 1. The highest BCUT2D eigenvalue weighted by atomic mass is 16.2. The van der Waals surface area contributed by atoms with Crippen LogP contribution >= 0.6 is 0 Å². The fourth-order valence-electron chi connectivity index (χ4n) is 2.02. The van der Waals surface area contributed by atoms with Gasteiger partial charge in [0.05, 0.1) is 18.9 Å². The Labute approximate surface area is 137 Å². The predicted molar refractivity (Wildman–Crippen MR) is 89.8 cm³/mol. The smallest absolute Gasteiger partial charge is 0.244 e. The maximum Gasteiger partial charge on any atom is 0.244 e. The fourth-order valence-corrected chi connectivity index (χ4v) is 2.02. The number of benzene rings is 1. The summed E-state index contributed by atoms with van der Waals surface area (Å²) in [5, 5.41) is 11.7. The van der Waals surface area contributed by atoms with Gasteiger partial charge in [0, 0.05) is 33.4 Å². The van der Waals surface area contributed by atoms with Crippen LogP contribution in [0.25, 0.3) is 0 Å². The molecular weight excluding hydrogens is 292 g/mol. The Kier molecular flexibility index (Phi) is 7.07. The molecule has 0 saturated heterocycles. The third kappa shape index (κ3) is 5.99. The summed E-state index contributed by atoms with van der Waals surface area (Å²) >= 11 is 0. The van der Waals surface area contributed by atoms with E-state index >= 15 is 0 Å². The second-order valence-electron chi connectivity index (χ2n) is 5.70. The highest BCUT2D eigenvalue weighted by Gasteiger charge is 2.17. The molecule has 0 aliphatic rings. The van der Waals surface area contributed by atoms with Crippen molar-refractivity contribution in [1.29, 1.82) is 5.26 Å². The van der Waals surface area contributed by atoms with Crippen LogP contribution in [-0.4, -0.2) is 55.3 Å². The van der Waals surface area contributed by atoms with Gasteiger partial charge in [-0.15, -0.1) is 0 Å².